The molecule has 112 valence electrons. The maximum Gasteiger partial charge on any atom is 0.321 e. The van der Waals surface area contributed by atoms with Gasteiger partial charge in [0.1, 0.15) is 0 Å². The molecule has 0 aliphatic heterocycles. The summed E-state index contributed by atoms with van der Waals surface area (Å²) >= 11 is 0. The quantitative estimate of drug-likeness (QED) is 0.495. The molecule has 7 heteroatoms. The van der Waals surface area contributed by atoms with Gasteiger partial charge < -0.3 is 15.7 Å². The second-order valence-electron chi connectivity index (χ2n) is 4.81. The molecule has 0 aromatic heterocycles. The molecule has 0 heterocycles. The summed E-state index contributed by atoms with van der Waals surface area (Å²) in [5.74, 6) is -1.50. The zero-order valence-electron chi connectivity index (χ0n) is 11.4. The van der Waals surface area contributed by atoms with Crippen LogP contribution in [0.5, 0.6) is 0 Å². The van der Waals surface area contributed by atoms with E-state index in [-0.39, 0.29) is 24.9 Å². The number of carbonyl (C=O) groups is 3. The number of nitrogens with one attached hydrogen (secondary N) is 3. The van der Waals surface area contributed by atoms with Crippen LogP contribution in [-0.4, -0.2) is 42.6 Å². The van der Waals surface area contributed by atoms with Crippen molar-refractivity contribution in [3.05, 3.63) is 12.7 Å². The number of rotatable bonds is 7. The lowest BCUT2D eigenvalue weighted by atomic mass is 9.96. The van der Waals surface area contributed by atoms with Gasteiger partial charge in [-0.05, 0) is 25.3 Å². The van der Waals surface area contributed by atoms with Crippen molar-refractivity contribution < 1.29 is 19.5 Å². The molecule has 2 unspecified atom stereocenters. The van der Waals surface area contributed by atoms with Gasteiger partial charge in [-0.1, -0.05) is 12.5 Å². The summed E-state index contributed by atoms with van der Waals surface area (Å²) in [6, 6.07) is -0.569. The van der Waals surface area contributed by atoms with Crippen molar-refractivity contribution in [2.75, 3.05) is 19.6 Å². The molecule has 4 N–H and O–H groups in total. The first-order valence-electron chi connectivity index (χ1n) is 6.66. The molecular formula is C13H21N3O4. The molecule has 1 aliphatic rings. The first-order chi connectivity index (χ1) is 9.54. The lowest BCUT2D eigenvalue weighted by Crippen LogP contribution is -2.44. The number of hydrogen-bond donors (Lipinski definition) is 4. The lowest BCUT2D eigenvalue weighted by Gasteiger charge is -2.16. The number of carboxylic acid groups (broad SMARTS) is 1. The van der Waals surface area contributed by atoms with Crippen molar-refractivity contribution in [2.45, 2.75) is 19.3 Å². The molecule has 0 spiro atoms. The van der Waals surface area contributed by atoms with Crippen LogP contribution in [0.1, 0.15) is 19.3 Å². The Kier molecular flexibility index (Phi) is 6.72. The number of amides is 3. The second kappa shape index (κ2) is 8.31. The van der Waals surface area contributed by atoms with Gasteiger partial charge >= 0.3 is 12.0 Å². The van der Waals surface area contributed by atoms with E-state index in [1.807, 2.05) is 0 Å². The number of aliphatic carboxylic acids is 1. The highest BCUT2D eigenvalue weighted by molar-refractivity contribution is 5.95. The number of urea groups is 1. The molecule has 7 nitrogen and oxygen atoms in total. The van der Waals surface area contributed by atoms with Gasteiger partial charge in [0.05, 0.1) is 12.5 Å². The van der Waals surface area contributed by atoms with Gasteiger partial charge in [0.25, 0.3) is 0 Å². The van der Waals surface area contributed by atoms with E-state index in [1.54, 1.807) is 0 Å². The van der Waals surface area contributed by atoms with Crippen molar-refractivity contribution in [2.24, 2.45) is 11.8 Å². The highest BCUT2D eigenvalue weighted by atomic mass is 16.4. The largest absolute Gasteiger partial charge is 0.481 e. The average Bonchev–Trinajstić information content (AvgIpc) is 2.84. The highest BCUT2D eigenvalue weighted by Crippen LogP contribution is 2.31. The van der Waals surface area contributed by atoms with E-state index in [9.17, 15) is 14.4 Å². The van der Waals surface area contributed by atoms with Crippen LogP contribution in [0.15, 0.2) is 12.7 Å². The van der Waals surface area contributed by atoms with Gasteiger partial charge in [0.15, 0.2) is 0 Å². The lowest BCUT2D eigenvalue weighted by molar-refractivity contribution is -0.142. The van der Waals surface area contributed by atoms with E-state index >= 15 is 0 Å². The minimum absolute atomic E-state index is 0.00958. The van der Waals surface area contributed by atoms with Crippen molar-refractivity contribution in [1.29, 1.82) is 0 Å². The van der Waals surface area contributed by atoms with E-state index in [1.165, 1.54) is 6.08 Å². The average molecular weight is 283 g/mol. The van der Waals surface area contributed by atoms with Gasteiger partial charge in [-0.2, -0.15) is 0 Å². The number of imide groups is 1. The fourth-order valence-electron chi connectivity index (χ4n) is 2.36. The van der Waals surface area contributed by atoms with Crippen LogP contribution >= 0.6 is 0 Å². The van der Waals surface area contributed by atoms with Gasteiger partial charge in [0.2, 0.25) is 5.91 Å². The molecule has 2 atom stereocenters. The number of carboxylic acids is 1. The molecule has 3 amide bonds. The van der Waals surface area contributed by atoms with E-state index in [0.717, 1.165) is 12.8 Å². The predicted octanol–water partition coefficient (Wildman–Crippen LogP) is 0.0887. The Morgan fingerprint density at radius 1 is 1.30 bits per heavy atom. The summed E-state index contributed by atoms with van der Waals surface area (Å²) in [5, 5.41) is 16.5. The van der Waals surface area contributed by atoms with Crippen LogP contribution in [0, 0.1) is 11.8 Å². The Hall–Kier alpha value is -1.89. The Labute approximate surface area is 117 Å². The zero-order chi connectivity index (χ0) is 15.0. The summed E-state index contributed by atoms with van der Waals surface area (Å²) in [7, 11) is 0. The summed E-state index contributed by atoms with van der Waals surface area (Å²) < 4.78 is 0. The molecule has 0 saturated heterocycles. The Morgan fingerprint density at radius 3 is 2.70 bits per heavy atom. The smallest absolute Gasteiger partial charge is 0.321 e. The predicted molar refractivity (Wildman–Crippen MR) is 73.1 cm³/mol. The minimum Gasteiger partial charge on any atom is -0.481 e. The SMILES string of the molecule is C=CCNC(=O)NC(=O)CNCC1CCCC1C(=O)O. The maximum absolute atomic E-state index is 11.4. The van der Waals surface area contributed by atoms with Gasteiger partial charge in [-0.15, -0.1) is 6.58 Å². The van der Waals surface area contributed by atoms with Crippen molar-refractivity contribution >= 4 is 17.9 Å². The second-order valence-corrected chi connectivity index (χ2v) is 4.81. The van der Waals surface area contributed by atoms with Gasteiger partial charge in [-0.3, -0.25) is 14.9 Å². The third kappa shape index (κ3) is 5.40. The van der Waals surface area contributed by atoms with E-state index < -0.39 is 17.9 Å². The molecule has 0 radical (unpaired) electrons. The third-order valence-corrected chi connectivity index (χ3v) is 3.33. The highest BCUT2D eigenvalue weighted by Gasteiger charge is 2.32. The zero-order valence-corrected chi connectivity index (χ0v) is 11.4. The van der Waals surface area contributed by atoms with Crippen molar-refractivity contribution in [3.63, 3.8) is 0 Å². The topological polar surface area (TPSA) is 108 Å². The van der Waals surface area contributed by atoms with Crippen LogP contribution < -0.4 is 16.0 Å². The first-order valence-corrected chi connectivity index (χ1v) is 6.66. The molecule has 20 heavy (non-hydrogen) atoms. The van der Waals surface area contributed by atoms with Crippen LogP contribution in [-0.2, 0) is 9.59 Å². The third-order valence-electron chi connectivity index (χ3n) is 3.33. The summed E-state index contributed by atoms with van der Waals surface area (Å²) in [5.41, 5.74) is 0. The molecular weight excluding hydrogens is 262 g/mol. The van der Waals surface area contributed by atoms with Gasteiger partial charge in [0, 0.05) is 6.54 Å². The molecule has 0 aromatic rings. The van der Waals surface area contributed by atoms with E-state index in [0.29, 0.717) is 13.0 Å². The Bertz CT molecular complexity index is 384. The summed E-state index contributed by atoms with van der Waals surface area (Å²) in [4.78, 5) is 33.6. The number of carbonyl (C=O) groups excluding carboxylic acids is 2. The standard InChI is InChI=1S/C13H21N3O4/c1-2-6-15-13(20)16-11(17)8-14-7-9-4-3-5-10(9)12(18)19/h2,9-10,14H,1,3-8H2,(H,18,19)(H2,15,16,17,20). The molecule has 0 aromatic carbocycles. The Balaban J connectivity index is 2.20. The Morgan fingerprint density at radius 2 is 2.05 bits per heavy atom. The minimum atomic E-state index is -0.775. The van der Waals surface area contributed by atoms with Crippen molar-refractivity contribution in [1.82, 2.24) is 16.0 Å². The molecule has 0 bridgehead atoms. The van der Waals surface area contributed by atoms with Crippen LogP contribution in [0.25, 0.3) is 0 Å². The maximum atomic E-state index is 11.4. The van der Waals surface area contributed by atoms with Crippen molar-refractivity contribution in [3.8, 4) is 0 Å². The fraction of sp³-hybridized carbons (Fsp3) is 0.615. The molecule has 1 fully saturated rings. The molecule has 1 rings (SSSR count). The molecule has 1 saturated carbocycles. The normalized spacial score (nSPS) is 21.2. The van der Waals surface area contributed by atoms with E-state index in [2.05, 4.69) is 22.5 Å². The summed E-state index contributed by atoms with van der Waals surface area (Å²) in [6.07, 6.45) is 3.96. The summed E-state index contributed by atoms with van der Waals surface area (Å²) in [6.45, 7) is 4.19. The number of hydrogen-bond acceptors (Lipinski definition) is 4. The first kappa shape index (κ1) is 16.2. The van der Waals surface area contributed by atoms with Gasteiger partial charge in [-0.25, -0.2) is 4.79 Å². The van der Waals surface area contributed by atoms with Crippen LogP contribution in [0.4, 0.5) is 4.79 Å². The van der Waals surface area contributed by atoms with E-state index in [4.69, 9.17) is 5.11 Å². The monoisotopic (exact) mass is 283 g/mol. The van der Waals surface area contributed by atoms with Crippen LogP contribution in [0.2, 0.25) is 0 Å². The molecule has 1 aliphatic carbocycles. The fourth-order valence-corrected chi connectivity index (χ4v) is 2.36. The van der Waals surface area contributed by atoms with Crippen LogP contribution in [0.3, 0.4) is 0 Å².